The number of amides is 3. The Balaban J connectivity index is 1.43. The standard InChI is InChI=1S/C23H28N4O5/c1-14(24-23(30)31)22(29)27-11-9-17(10-12-27)20(16-5-3-2-4-6-16)25-21(28)18-13-19(32-26-18)15-7-8-15/h2-6,13-15,17,20,24H,7-12H2,1H3,(H,25,28)(H,30,31)/t14-,20+/m0/s1. The van der Waals surface area contributed by atoms with Crippen molar-refractivity contribution in [1.82, 2.24) is 20.7 Å². The Morgan fingerprint density at radius 2 is 1.78 bits per heavy atom. The average molecular weight is 441 g/mol. The van der Waals surface area contributed by atoms with Crippen LogP contribution < -0.4 is 10.6 Å². The van der Waals surface area contributed by atoms with Gasteiger partial charge in [0.1, 0.15) is 11.8 Å². The van der Waals surface area contributed by atoms with E-state index in [2.05, 4.69) is 15.8 Å². The molecule has 32 heavy (non-hydrogen) atoms. The predicted octanol–water partition coefficient (Wildman–Crippen LogP) is 2.92. The molecule has 1 aromatic carbocycles. The van der Waals surface area contributed by atoms with Crippen molar-refractivity contribution in [3.8, 4) is 0 Å². The molecule has 2 atom stereocenters. The highest BCUT2D eigenvalue weighted by Crippen LogP contribution is 2.40. The Bertz CT molecular complexity index is 964. The lowest BCUT2D eigenvalue weighted by atomic mass is 9.85. The van der Waals surface area contributed by atoms with Crippen LogP contribution in [0.2, 0.25) is 0 Å². The number of hydrogen-bond acceptors (Lipinski definition) is 5. The highest BCUT2D eigenvalue weighted by atomic mass is 16.5. The molecule has 0 unspecified atom stereocenters. The molecule has 2 heterocycles. The third-order valence-corrected chi connectivity index (χ3v) is 6.22. The SMILES string of the molecule is C[C@H](NC(=O)O)C(=O)N1CCC([C@H](NC(=O)c2cc(C3CC3)on2)c2ccccc2)CC1. The van der Waals surface area contributed by atoms with Crippen LogP contribution in [0.15, 0.2) is 40.9 Å². The molecule has 2 fully saturated rings. The van der Waals surface area contributed by atoms with Crippen molar-refractivity contribution in [2.75, 3.05) is 13.1 Å². The van der Waals surface area contributed by atoms with Gasteiger partial charge >= 0.3 is 6.09 Å². The first-order valence-corrected chi connectivity index (χ1v) is 11.0. The number of hydrogen-bond donors (Lipinski definition) is 3. The summed E-state index contributed by atoms with van der Waals surface area (Å²) >= 11 is 0. The van der Waals surface area contributed by atoms with E-state index in [4.69, 9.17) is 9.63 Å². The summed E-state index contributed by atoms with van der Waals surface area (Å²) in [4.78, 5) is 38.0. The van der Waals surface area contributed by atoms with Gasteiger partial charge in [-0.15, -0.1) is 0 Å². The zero-order valence-electron chi connectivity index (χ0n) is 18.0. The number of benzene rings is 1. The fourth-order valence-electron chi connectivity index (χ4n) is 4.28. The van der Waals surface area contributed by atoms with Crippen molar-refractivity contribution in [1.29, 1.82) is 0 Å². The predicted molar refractivity (Wildman–Crippen MR) is 115 cm³/mol. The minimum absolute atomic E-state index is 0.128. The van der Waals surface area contributed by atoms with E-state index in [9.17, 15) is 14.4 Å². The van der Waals surface area contributed by atoms with Gasteiger partial charge in [-0.25, -0.2) is 4.79 Å². The molecule has 9 nitrogen and oxygen atoms in total. The molecule has 170 valence electrons. The topological polar surface area (TPSA) is 125 Å². The maximum atomic E-state index is 12.9. The van der Waals surface area contributed by atoms with Crippen LogP contribution in [0.1, 0.15) is 66.4 Å². The second kappa shape index (κ2) is 9.42. The number of carbonyl (C=O) groups excluding carboxylic acids is 2. The van der Waals surface area contributed by atoms with Crippen LogP contribution >= 0.6 is 0 Å². The lowest BCUT2D eigenvalue weighted by Crippen LogP contribution is -2.50. The number of piperidine rings is 1. The molecule has 2 aromatic rings. The van der Waals surface area contributed by atoms with Gasteiger partial charge in [0.25, 0.3) is 5.91 Å². The normalized spacial score (nSPS) is 18.6. The van der Waals surface area contributed by atoms with Gasteiger partial charge in [-0.1, -0.05) is 35.5 Å². The number of carbonyl (C=O) groups is 3. The molecule has 0 spiro atoms. The lowest BCUT2D eigenvalue weighted by molar-refractivity contribution is -0.134. The van der Waals surface area contributed by atoms with Crippen LogP contribution in [0.4, 0.5) is 4.79 Å². The molecule has 3 amide bonds. The summed E-state index contributed by atoms with van der Waals surface area (Å²) in [5.74, 6) is 0.771. The summed E-state index contributed by atoms with van der Waals surface area (Å²) in [5, 5.41) is 18.1. The summed E-state index contributed by atoms with van der Waals surface area (Å²) in [6.07, 6.45) is 2.31. The summed E-state index contributed by atoms with van der Waals surface area (Å²) in [5.41, 5.74) is 1.28. The number of nitrogens with one attached hydrogen (secondary N) is 2. The van der Waals surface area contributed by atoms with Gasteiger partial charge in [0.05, 0.1) is 6.04 Å². The molecular weight excluding hydrogens is 412 g/mol. The Kier molecular flexibility index (Phi) is 6.43. The molecule has 1 aromatic heterocycles. The first kappa shape index (κ1) is 21.9. The fraction of sp³-hybridized carbons (Fsp3) is 0.478. The van der Waals surface area contributed by atoms with Crippen molar-refractivity contribution in [3.05, 3.63) is 53.4 Å². The molecule has 2 aliphatic rings. The maximum Gasteiger partial charge on any atom is 0.405 e. The smallest absolute Gasteiger partial charge is 0.405 e. The number of carboxylic acid groups (broad SMARTS) is 1. The maximum absolute atomic E-state index is 12.9. The minimum Gasteiger partial charge on any atom is -0.465 e. The third-order valence-electron chi connectivity index (χ3n) is 6.22. The minimum atomic E-state index is -1.22. The Morgan fingerprint density at radius 3 is 2.41 bits per heavy atom. The van der Waals surface area contributed by atoms with E-state index in [-0.39, 0.29) is 29.5 Å². The van der Waals surface area contributed by atoms with Gasteiger partial charge < -0.3 is 25.2 Å². The van der Waals surface area contributed by atoms with Gasteiger partial charge in [-0.05, 0) is 44.1 Å². The van der Waals surface area contributed by atoms with E-state index in [1.807, 2.05) is 30.3 Å². The average Bonchev–Trinajstić information content (AvgIpc) is 3.53. The van der Waals surface area contributed by atoms with Gasteiger partial charge in [0.2, 0.25) is 5.91 Å². The molecule has 1 saturated heterocycles. The molecule has 3 N–H and O–H groups in total. The second-order valence-electron chi connectivity index (χ2n) is 8.58. The van der Waals surface area contributed by atoms with Gasteiger partial charge in [-0.3, -0.25) is 9.59 Å². The van der Waals surface area contributed by atoms with Crippen molar-refractivity contribution < 1.29 is 24.0 Å². The number of aromatic nitrogens is 1. The lowest BCUT2D eigenvalue weighted by Gasteiger charge is -2.37. The third kappa shape index (κ3) is 5.09. The summed E-state index contributed by atoms with van der Waals surface area (Å²) in [7, 11) is 0. The molecule has 0 radical (unpaired) electrons. The van der Waals surface area contributed by atoms with Crippen LogP contribution in [0.3, 0.4) is 0 Å². The summed E-state index contributed by atoms with van der Waals surface area (Å²) in [6.45, 7) is 2.55. The molecule has 9 heteroatoms. The number of nitrogens with zero attached hydrogens (tertiary/aromatic N) is 2. The van der Waals surface area contributed by atoms with Crippen molar-refractivity contribution in [2.24, 2.45) is 5.92 Å². The van der Waals surface area contributed by atoms with E-state index in [0.29, 0.717) is 31.8 Å². The Morgan fingerprint density at radius 1 is 1.09 bits per heavy atom. The second-order valence-corrected chi connectivity index (χ2v) is 8.58. The molecule has 1 saturated carbocycles. The van der Waals surface area contributed by atoms with Crippen LogP contribution in [0.5, 0.6) is 0 Å². The van der Waals surface area contributed by atoms with E-state index in [1.165, 1.54) is 0 Å². The molecule has 1 aliphatic heterocycles. The van der Waals surface area contributed by atoms with Crippen LogP contribution in [0, 0.1) is 5.92 Å². The quantitative estimate of drug-likeness (QED) is 0.608. The van der Waals surface area contributed by atoms with Crippen molar-refractivity contribution in [2.45, 2.75) is 50.6 Å². The highest BCUT2D eigenvalue weighted by molar-refractivity contribution is 5.92. The number of rotatable bonds is 7. The monoisotopic (exact) mass is 440 g/mol. The Hall–Kier alpha value is -3.36. The van der Waals surface area contributed by atoms with Crippen LogP contribution in [0.25, 0.3) is 0 Å². The zero-order chi connectivity index (χ0) is 22.7. The molecule has 4 rings (SSSR count). The Labute approximate surface area is 186 Å². The van der Waals surface area contributed by atoms with Gasteiger partial charge in [0.15, 0.2) is 5.69 Å². The summed E-state index contributed by atoms with van der Waals surface area (Å²) < 4.78 is 5.33. The van der Waals surface area contributed by atoms with Crippen molar-refractivity contribution in [3.63, 3.8) is 0 Å². The largest absolute Gasteiger partial charge is 0.465 e. The highest BCUT2D eigenvalue weighted by Gasteiger charge is 2.33. The van der Waals surface area contributed by atoms with E-state index >= 15 is 0 Å². The van der Waals surface area contributed by atoms with E-state index < -0.39 is 12.1 Å². The van der Waals surface area contributed by atoms with Crippen molar-refractivity contribution >= 4 is 17.9 Å². The van der Waals surface area contributed by atoms with Gasteiger partial charge in [-0.2, -0.15) is 0 Å². The first-order valence-electron chi connectivity index (χ1n) is 11.0. The molecule has 1 aliphatic carbocycles. The van der Waals surface area contributed by atoms with E-state index in [1.54, 1.807) is 17.9 Å². The van der Waals surface area contributed by atoms with Crippen LogP contribution in [-0.4, -0.2) is 52.2 Å². The van der Waals surface area contributed by atoms with Crippen LogP contribution in [-0.2, 0) is 4.79 Å². The first-order chi connectivity index (χ1) is 15.4. The molecule has 0 bridgehead atoms. The number of likely N-dealkylation sites (tertiary alicyclic amines) is 1. The fourth-order valence-corrected chi connectivity index (χ4v) is 4.28. The summed E-state index contributed by atoms with van der Waals surface area (Å²) in [6, 6.07) is 10.5. The zero-order valence-corrected chi connectivity index (χ0v) is 18.0. The van der Waals surface area contributed by atoms with E-state index in [0.717, 1.165) is 24.2 Å². The molecular formula is C23H28N4O5. The van der Waals surface area contributed by atoms with Gasteiger partial charge in [0, 0.05) is 25.1 Å².